The summed E-state index contributed by atoms with van der Waals surface area (Å²) in [4.78, 5) is 16.8. The Hall–Kier alpha value is -2.21. The van der Waals surface area contributed by atoms with E-state index in [1.165, 1.54) is 4.70 Å². The average Bonchev–Trinajstić information content (AvgIpc) is 3.11. The summed E-state index contributed by atoms with van der Waals surface area (Å²) in [5.41, 5.74) is 2.66. The Morgan fingerprint density at radius 3 is 2.83 bits per heavy atom. The molecule has 5 nitrogen and oxygen atoms in total. The van der Waals surface area contributed by atoms with Gasteiger partial charge in [0.25, 0.3) is 0 Å². The minimum Gasteiger partial charge on any atom is -0.361 e. The number of nitrogens with zero attached hydrogens (tertiary/aromatic N) is 2. The van der Waals surface area contributed by atoms with Crippen molar-refractivity contribution >= 4 is 27.5 Å². The molecule has 0 aliphatic rings. The maximum absolute atomic E-state index is 12.1. The molecule has 3 aromatic rings. The number of aryl methyl sites for hydroxylation is 2. The summed E-state index contributed by atoms with van der Waals surface area (Å²) in [5.74, 6) is 0.866. The van der Waals surface area contributed by atoms with E-state index in [4.69, 9.17) is 4.52 Å². The summed E-state index contributed by atoms with van der Waals surface area (Å²) in [6, 6.07) is 8.08. The number of benzene rings is 1. The molecule has 23 heavy (non-hydrogen) atoms. The first-order valence-electron chi connectivity index (χ1n) is 7.58. The molecular weight excluding hydrogens is 310 g/mol. The van der Waals surface area contributed by atoms with Crippen LogP contribution < -0.4 is 5.32 Å². The molecule has 0 aliphatic carbocycles. The van der Waals surface area contributed by atoms with Gasteiger partial charge in [0, 0.05) is 18.0 Å². The highest BCUT2D eigenvalue weighted by Gasteiger charge is 2.16. The number of carbonyl (C=O) groups excluding carboxylic acids is 1. The molecule has 0 saturated carbocycles. The van der Waals surface area contributed by atoms with Crippen molar-refractivity contribution in [2.45, 2.75) is 33.1 Å². The van der Waals surface area contributed by atoms with Crippen LogP contribution in [0.15, 0.2) is 28.8 Å². The Bertz CT molecular complexity index is 785. The van der Waals surface area contributed by atoms with Gasteiger partial charge in [0.15, 0.2) is 0 Å². The second-order valence-electron chi connectivity index (χ2n) is 5.70. The number of amides is 1. The zero-order chi connectivity index (χ0) is 16.4. The minimum absolute atomic E-state index is 0.0210. The van der Waals surface area contributed by atoms with Crippen LogP contribution >= 0.6 is 11.3 Å². The van der Waals surface area contributed by atoms with E-state index >= 15 is 0 Å². The summed E-state index contributed by atoms with van der Waals surface area (Å²) in [5, 5.41) is 7.89. The first-order valence-corrected chi connectivity index (χ1v) is 8.40. The van der Waals surface area contributed by atoms with Gasteiger partial charge >= 0.3 is 0 Å². The van der Waals surface area contributed by atoms with Crippen LogP contribution in [0.2, 0.25) is 0 Å². The monoisotopic (exact) mass is 329 g/mol. The number of aromatic nitrogens is 2. The molecule has 1 aromatic carbocycles. The van der Waals surface area contributed by atoms with Crippen molar-refractivity contribution in [3.63, 3.8) is 0 Å². The van der Waals surface area contributed by atoms with Crippen molar-refractivity contribution in [3.05, 3.63) is 46.3 Å². The van der Waals surface area contributed by atoms with Crippen LogP contribution in [0.25, 0.3) is 10.2 Å². The molecule has 0 radical (unpaired) electrons. The van der Waals surface area contributed by atoms with Crippen molar-refractivity contribution < 1.29 is 9.32 Å². The van der Waals surface area contributed by atoms with Crippen LogP contribution in [0.3, 0.4) is 0 Å². The number of fused-ring (bicyclic) bond motifs is 1. The first-order chi connectivity index (χ1) is 11.0. The number of hydrogen-bond acceptors (Lipinski definition) is 5. The molecule has 0 bridgehead atoms. The van der Waals surface area contributed by atoms with Crippen molar-refractivity contribution in [2.75, 3.05) is 6.54 Å². The molecule has 3 rings (SSSR count). The number of hydrogen-bond donors (Lipinski definition) is 1. The third kappa shape index (κ3) is 3.42. The van der Waals surface area contributed by atoms with Crippen LogP contribution in [0.4, 0.5) is 0 Å². The molecule has 0 aliphatic heterocycles. The molecule has 1 N–H and O–H groups in total. The van der Waals surface area contributed by atoms with Gasteiger partial charge in [-0.25, -0.2) is 4.98 Å². The summed E-state index contributed by atoms with van der Waals surface area (Å²) < 4.78 is 6.26. The van der Waals surface area contributed by atoms with Gasteiger partial charge in [-0.15, -0.1) is 11.3 Å². The Balaban J connectivity index is 1.60. The van der Waals surface area contributed by atoms with E-state index in [0.717, 1.165) is 21.8 Å². The highest BCUT2D eigenvalue weighted by atomic mass is 32.1. The lowest BCUT2D eigenvalue weighted by Crippen LogP contribution is -2.29. The normalized spacial score (nSPS) is 12.5. The van der Waals surface area contributed by atoms with E-state index in [1.54, 1.807) is 11.3 Å². The molecule has 1 atom stereocenters. The van der Waals surface area contributed by atoms with Crippen molar-refractivity contribution in [2.24, 2.45) is 0 Å². The van der Waals surface area contributed by atoms with Gasteiger partial charge in [-0.1, -0.05) is 24.2 Å². The Labute approximate surface area is 138 Å². The third-order valence-corrected chi connectivity index (χ3v) is 5.12. The van der Waals surface area contributed by atoms with Crippen molar-refractivity contribution in [1.29, 1.82) is 0 Å². The second-order valence-corrected chi connectivity index (χ2v) is 6.77. The number of nitrogens with one attached hydrogen (secondary N) is 1. The smallest absolute Gasteiger partial charge is 0.224 e. The van der Waals surface area contributed by atoms with Crippen LogP contribution in [0.5, 0.6) is 0 Å². The van der Waals surface area contributed by atoms with Crippen molar-refractivity contribution in [1.82, 2.24) is 15.5 Å². The topological polar surface area (TPSA) is 68.0 Å². The van der Waals surface area contributed by atoms with E-state index in [2.05, 4.69) is 28.4 Å². The molecule has 0 fully saturated rings. The minimum atomic E-state index is -0.0210. The maximum atomic E-state index is 12.1. The van der Waals surface area contributed by atoms with E-state index in [9.17, 15) is 4.79 Å². The van der Waals surface area contributed by atoms with E-state index in [0.29, 0.717) is 18.7 Å². The van der Waals surface area contributed by atoms with Crippen LogP contribution in [0, 0.1) is 13.8 Å². The second kappa shape index (κ2) is 6.50. The molecule has 1 amide bonds. The van der Waals surface area contributed by atoms with E-state index < -0.39 is 0 Å². The molecule has 0 spiro atoms. The SMILES string of the molecule is Cc1noc(C)c1CC(=O)NCC(C)c1nc2ccccc2s1. The van der Waals surface area contributed by atoms with Gasteiger partial charge in [-0.3, -0.25) is 4.79 Å². The summed E-state index contributed by atoms with van der Waals surface area (Å²) >= 11 is 1.68. The van der Waals surface area contributed by atoms with E-state index in [1.807, 2.05) is 32.0 Å². The molecule has 6 heteroatoms. The molecule has 0 saturated heterocycles. The molecule has 2 heterocycles. The summed E-state index contributed by atoms with van der Waals surface area (Å²) in [7, 11) is 0. The quantitative estimate of drug-likeness (QED) is 0.779. The van der Waals surface area contributed by atoms with Gasteiger partial charge in [0.05, 0.1) is 27.3 Å². The summed E-state index contributed by atoms with van der Waals surface area (Å²) in [6.45, 7) is 6.32. The fourth-order valence-electron chi connectivity index (χ4n) is 2.43. The first kappa shape index (κ1) is 15.7. The zero-order valence-electron chi connectivity index (χ0n) is 13.4. The van der Waals surface area contributed by atoms with E-state index in [-0.39, 0.29) is 11.8 Å². The molecule has 120 valence electrons. The highest BCUT2D eigenvalue weighted by molar-refractivity contribution is 7.18. The molecular formula is C17H19N3O2S. The van der Waals surface area contributed by atoms with Gasteiger partial charge in [0.1, 0.15) is 5.76 Å². The highest BCUT2D eigenvalue weighted by Crippen LogP contribution is 2.26. The van der Waals surface area contributed by atoms with Gasteiger partial charge in [0.2, 0.25) is 5.91 Å². The molecule has 2 aromatic heterocycles. The maximum Gasteiger partial charge on any atom is 0.224 e. The van der Waals surface area contributed by atoms with Crippen LogP contribution in [-0.4, -0.2) is 22.6 Å². The number of rotatable bonds is 5. The zero-order valence-corrected chi connectivity index (χ0v) is 14.2. The Kier molecular flexibility index (Phi) is 4.43. The Morgan fingerprint density at radius 1 is 1.35 bits per heavy atom. The van der Waals surface area contributed by atoms with Gasteiger partial charge in [-0.2, -0.15) is 0 Å². The number of para-hydroxylation sites is 1. The Morgan fingerprint density at radius 2 is 2.13 bits per heavy atom. The lowest BCUT2D eigenvalue weighted by atomic mass is 10.1. The third-order valence-electron chi connectivity index (χ3n) is 3.86. The largest absolute Gasteiger partial charge is 0.361 e. The van der Waals surface area contributed by atoms with Gasteiger partial charge in [-0.05, 0) is 26.0 Å². The summed E-state index contributed by atoms with van der Waals surface area (Å²) in [6.07, 6.45) is 0.299. The lowest BCUT2D eigenvalue weighted by molar-refractivity contribution is -0.120. The van der Waals surface area contributed by atoms with Crippen LogP contribution in [0.1, 0.15) is 34.9 Å². The fourth-order valence-corrected chi connectivity index (χ4v) is 3.45. The standard InChI is InChI=1S/C17H19N3O2S/c1-10(17-19-14-6-4-5-7-15(14)23-17)9-18-16(21)8-13-11(2)20-22-12(13)3/h4-7,10H,8-9H2,1-3H3,(H,18,21). The predicted octanol–water partition coefficient (Wildman–Crippen LogP) is 3.36. The fraction of sp³-hybridized carbons (Fsp3) is 0.353. The molecule has 1 unspecified atom stereocenters. The van der Waals surface area contributed by atoms with Crippen molar-refractivity contribution in [3.8, 4) is 0 Å². The number of thiazole rings is 1. The lowest BCUT2D eigenvalue weighted by Gasteiger charge is -2.10. The predicted molar refractivity (Wildman–Crippen MR) is 90.7 cm³/mol. The number of carbonyl (C=O) groups is 1. The van der Waals surface area contributed by atoms with Crippen LogP contribution in [-0.2, 0) is 11.2 Å². The average molecular weight is 329 g/mol. The van der Waals surface area contributed by atoms with Gasteiger partial charge < -0.3 is 9.84 Å².